The van der Waals surface area contributed by atoms with Crippen LogP contribution in [0, 0.1) is 5.92 Å². The Kier molecular flexibility index (Phi) is 6.25. The van der Waals surface area contributed by atoms with Gasteiger partial charge in [-0.15, -0.1) is 0 Å². The number of nitrogens with zero attached hydrogens (tertiary/aromatic N) is 1. The zero-order chi connectivity index (χ0) is 15.9. The molecule has 22 heavy (non-hydrogen) atoms. The number of hydrogen-bond acceptors (Lipinski definition) is 1. The van der Waals surface area contributed by atoms with Crippen LogP contribution in [0.4, 0.5) is 10.5 Å². The number of rotatable bonds is 5. The molecule has 1 aliphatic heterocycles. The summed E-state index contributed by atoms with van der Waals surface area (Å²) < 4.78 is 0. The minimum absolute atomic E-state index is 0.0319. The molecule has 0 bridgehead atoms. The molecule has 0 aliphatic carbocycles. The van der Waals surface area contributed by atoms with Gasteiger partial charge in [0.05, 0.1) is 19.6 Å². The normalized spacial score (nSPS) is 17.5. The minimum Gasteiger partial charge on any atom is -0.335 e. The van der Waals surface area contributed by atoms with Gasteiger partial charge in [-0.2, -0.15) is 0 Å². The number of carbonyl (C=O) groups excluding carboxylic acids is 1. The van der Waals surface area contributed by atoms with E-state index in [0.717, 1.165) is 37.5 Å². The summed E-state index contributed by atoms with van der Waals surface area (Å²) in [6, 6.07) is 10.4. The number of quaternary nitrogens is 1. The van der Waals surface area contributed by atoms with E-state index < -0.39 is 0 Å². The molecule has 1 aromatic rings. The van der Waals surface area contributed by atoms with Crippen molar-refractivity contribution in [2.45, 2.75) is 39.2 Å². The standard InChI is InChI=1S/C18H29N3O/c1-15(2)9-12-20(3)17-10-13-21(14-11-17)18(22)19-16-7-5-4-6-8-16/h4-8,15,17H,9-14H2,1-3H3,(H,19,22)/p+1. The van der Waals surface area contributed by atoms with Crippen molar-refractivity contribution in [3.63, 3.8) is 0 Å². The molecule has 2 N–H and O–H groups in total. The highest BCUT2D eigenvalue weighted by molar-refractivity contribution is 5.89. The first-order valence-electron chi connectivity index (χ1n) is 8.49. The van der Waals surface area contributed by atoms with Gasteiger partial charge in [0.15, 0.2) is 0 Å². The van der Waals surface area contributed by atoms with E-state index in [9.17, 15) is 4.79 Å². The van der Waals surface area contributed by atoms with Gasteiger partial charge in [-0.25, -0.2) is 4.79 Å². The molecule has 122 valence electrons. The Morgan fingerprint density at radius 1 is 1.27 bits per heavy atom. The molecular formula is C18H30N3O+. The molecule has 0 saturated carbocycles. The van der Waals surface area contributed by atoms with Crippen molar-refractivity contribution >= 4 is 11.7 Å². The van der Waals surface area contributed by atoms with Crippen LogP contribution < -0.4 is 10.2 Å². The van der Waals surface area contributed by atoms with Crippen LogP contribution in [0.15, 0.2) is 30.3 Å². The fourth-order valence-electron chi connectivity index (χ4n) is 3.02. The summed E-state index contributed by atoms with van der Waals surface area (Å²) in [6.45, 7) is 7.52. The summed E-state index contributed by atoms with van der Waals surface area (Å²) in [7, 11) is 2.30. The number of nitrogens with one attached hydrogen (secondary N) is 2. The van der Waals surface area contributed by atoms with Crippen LogP contribution in [0.5, 0.6) is 0 Å². The number of amides is 2. The second kappa shape index (κ2) is 8.18. The zero-order valence-electron chi connectivity index (χ0n) is 14.1. The van der Waals surface area contributed by atoms with E-state index in [-0.39, 0.29) is 6.03 Å². The van der Waals surface area contributed by atoms with Crippen LogP contribution in [0.2, 0.25) is 0 Å². The Hall–Kier alpha value is -1.55. The van der Waals surface area contributed by atoms with Gasteiger partial charge in [0, 0.05) is 31.6 Å². The third-order valence-electron chi connectivity index (χ3n) is 4.62. The number of hydrogen-bond donors (Lipinski definition) is 2. The smallest absolute Gasteiger partial charge is 0.321 e. The predicted octanol–water partition coefficient (Wildman–Crippen LogP) is 2.24. The first-order valence-corrected chi connectivity index (χ1v) is 8.49. The van der Waals surface area contributed by atoms with Crippen LogP contribution >= 0.6 is 0 Å². The van der Waals surface area contributed by atoms with Crippen LogP contribution in [0.1, 0.15) is 33.1 Å². The SMILES string of the molecule is CC(C)CC[NH+](C)C1CCN(C(=O)Nc2ccccc2)CC1. The topological polar surface area (TPSA) is 36.8 Å². The number of urea groups is 1. The lowest BCUT2D eigenvalue weighted by molar-refractivity contribution is -0.907. The largest absolute Gasteiger partial charge is 0.335 e. The molecule has 1 fully saturated rings. The first-order chi connectivity index (χ1) is 10.6. The van der Waals surface area contributed by atoms with Gasteiger partial charge in [-0.05, 0) is 24.5 Å². The Labute approximate surface area is 134 Å². The summed E-state index contributed by atoms with van der Waals surface area (Å²) in [5.41, 5.74) is 0.870. The van der Waals surface area contributed by atoms with Gasteiger partial charge in [-0.1, -0.05) is 32.0 Å². The van der Waals surface area contributed by atoms with Gasteiger partial charge < -0.3 is 15.1 Å². The monoisotopic (exact) mass is 304 g/mol. The molecule has 1 heterocycles. The lowest BCUT2D eigenvalue weighted by atomic mass is 10.0. The number of piperidine rings is 1. The van der Waals surface area contributed by atoms with Crippen LogP contribution in [-0.4, -0.2) is 43.7 Å². The molecule has 4 nitrogen and oxygen atoms in total. The average molecular weight is 304 g/mol. The van der Waals surface area contributed by atoms with Crippen LogP contribution in [0.25, 0.3) is 0 Å². The van der Waals surface area contributed by atoms with E-state index in [2.05, 4.69) is 26.2 Å². The zero-order valence-corrected chi connectivity index (χ0v) is 14.1. The van der Waals surface area contributed by atoms with E-state index in [0.29, 0.717) is 6.04 Å². The molecule has 0 radical (unpaired) electrons. The second-order valence-electron chi connectivity index (χ2n) is 6.84. The van der Waals surface area contributed by atoms with Crippen molar-refractivity contribution < 1.29 is 9.69 Å². The molecule has 1 aliphatic rings. The van der Waals surface area contributed by atoms with Crippen molar-refractivity contribution in [3.8, 4) is 0 Å². The number of anilines is 1. The quantitative estimate of drug-likeness (QED) is 0.860. The highest BCUT2D eigenvalue weighted by Crippen LogP contribution is 2.12. The Morgan fingerprint density at radius 2 is 1.91 bits per heavy atom. The summed E-state index contributed by atoms with van der Waals surface area (Å²) >= 11 is 0. The third kappa shape index (κ3) is 5.02. The molecular weight excluding hydrogens is 274 g/mol. The maximum Gasteiger partial charge on any atom is 0.321 e. The molecule has 2 rings (SSSR count). The Balaban J connectivity index is 1.75. The molecule has 1 atom stereocenters. The van der Waals surface area contributed by atoms with Crippen molar-refractivity contribution in [2.75, 3.05) is 32.0 Å². The van der Waals surface area contributed by atoms with Crippen LogP contribution in [-0.2, 0) is 0 Å². The summed E-state index contributed by atoms with van der Waals surface area (Å²) in [6.07, 6.45) is 3.48. The van der Waals surface area contributed by atoms with Gasteiger partial charge in [0.1, 0.15) is 0 Å². The highest BCUT2D eigenvalue weighted by atomic mass is 16.2. The van der Waals surface area contributed by atoms with E-state index >= 15 is 0 Å². The molecule has 1 unspecified atom stereocenters. The Morgan fingerprint density at radius 3 is 2.50 bits per heavy atom. The van der Waals surface area contributed by atoms with Crippen molar-refractivity contribution in [2.24, 2.45) is 5.92 Å². The molecule has 0 aromatic heterocycles. The Bertz CT molecular complexity index is 453. The summed E-state index contributed by atoms with van der Waals surface area (Å²) in [5.74, 6) is 0.770. The molecule has 1 aromatic carbocycles. The van der Waals surface area contributed by atoms with Crippen LogP contribution in [0.3, 0.4) is 0 Å². The molecule has 0 spiro atoms. The van der Waals surface area contributed by atoms with Gasteiger partial charge in [0.25, 0.3) is 0 Å². The fourth-order valence-corrected chi connectivity index (χ4v) is 3.02. The number of likely N-dealkylation sites (tertiary alicyclic amines) is 1. The minimum atomic E-state index is 0.0319. The van der Waals surface area contributed by atoms with E-state index in [1.807, 2.05) is 35.2 Å². The average Bonchev–Trinajstić information content (AvgIpc) is 2.53. The van der Waals surface area contributed by atoms with Crippen molar-refractivity contribution in [3.05, 3.63) is 30.3 Å². The lowest BCUT2D eigenvalue weighted by Gasteiger charge is -2.34. The van der Waals surface area contributed by atoms with Gasteiger partial charge in [-0.3, -0.25) is 0 Å². The lowest BCUT2D eigenvalue weighted by Crippen LogP contribution is -3.13. The molecule has 4 heteroatoms. The van der Waals surface area contributed by atoms with Gasteiger partial charge >= 0.3 is 6.03 Å². The van der Waals surface area contributed by atoms with E-state index in [1.165, 1.54) is 13.0 Å². The maximum atomic E-state index is 12.3. The number of para-hydroxylation sites is 1. The highest BCUT2D eigenvalue weighted by Gasteiger charge is 2.27. The molecule has 1 saturated heterocycles. The van der Waals surface area contributed by atoms with E-state index in [4.69, 9.17) is 0 Å². The van der Waals surface area contributed by atoms with Crippen molar-refractivity contribution in [1.29, 1.82) is 0 Å². The summed E-state index contributed by atoms with van der Waals surface area (Å²) in [5, 5.41) is 2.98. The fraction of sp³-hybridized carbons (Fsp3) is 0.611. The second-order valence-corrected chi connectivity index (χ2v) is 6.84. The maximum absolute atomic E-state index is 12.3. The van der Waals surface area contributed by atoms with Gasteiger partial charge in [0.2, 0.25) is 0 Å². The molecule has 2 amide bonds. The third-order valence-corrected chi connectivity index (χ3v) is 4.62. The van der Waals surface area contributed by atoms with E-state index in [1.54, 1.807) is 4.90 Å². The first kappa shape index (κ1) is 16.8. The van der Waals surface area contributed by atoms with Crippen molar-refractivity contribution in [1.82, 2.24) is 4.90 Å². The number of benzene rings is 1. The predicted molar refractivity (Wildman–Crippen MR) is 91.3 cm³/mol. The summed E-state index contributed by atoms with van der Waals surface area (Å²) in [4.78, 5) is 15.8. The number of carbonyl (C=O) groups is 1.